The van der Waals surface area contributed by atoms with E-state index in [9.17, 15) is 4.79 Å². The maximum absolute atomic E-state index is 12.1. The Morgan fingerprint density at radius 2 is 1.91 bits per heavy atom. The van der Waals surface area contributed by atoms with Gasteiger partial charge in [-0.05, 0) is 12.1 Å². The van der Waals surface area contributed by atoms with Crippen molar-refractivity contribution in [2.24, 2.45) is 0 Å². The van der Waals surface area contributed by atoms with Gasteiger partial charge in [0.2, 0.25) is 0 Å². The average molecular weight is 332 g/mol. The molecule has 2 heterocycles. The average Bonchev–Trinajstić information content (AvgIpc) is 3.00. The molecule has 0 unspecified atom stereocenters. The van der Waals surface area contributed by atoms with E-state index in [1.54, 1.807) is 4.90 Å². The van der Waals surface area contributed by atoms with Crippen LogP contribution >= 0.6 is 22.9 Å². The predicted molar refractivity (Wildman–Crippen MR) is 89.2 cm³/mol. The predicted octanol–water partition coefficient (Wildman–Crippen LogP) is 2.50. The van der Waals surface area contributed by atoms with Gasteiger partial charge in [-0.25, -0.2) is 4.98 Å². The molecule has 0 spiro atoms. The highest BCUT2D eigenvalue weighted by Crippen LogP contribution is 2.24. The minimum atomic E-state index is -0.124. The zero-order valence-corrected chi connectivity index (χ0v) is 13.4. The molecule has 1 aliphatic rings. The normalized spacial score (nSPS) is 14.4. The Balaban J connectivity index is 1.57. The summed E-state index contributed by atoms with van der Waals surface area (Å²) in [7, 11) is 0. The number of piperazine rings is 1. The number of aromatic nitrogens is 1. The molecule has 0 bridgehead atoms. The van der Waals surface area contributed by atoms with E-state index in [1.165, 1.54) is 11.3 Å². The Kier molecular flexibility index (Phi) is 4.62. The van der Waals surface area contributed by atoms with E-state index in [0.717, 1.165) is 23.8 Å². The fraction of sp³-hybridized carbons (Fsp3) is 0.250. The van der Waals surface area contributed by atoms with Gasteiger partial charge >= 0.3 is 0 Å². The zero-order chi connectivity index (χ0) is 15.4. The van der Waals surface area contributed by atoms with E-state index in [2.05, 4.69) is 21.7 Å². The van der Waals surface area contributed by atoms with E-state index < -0.39 is 0 Å². The first-order valence-corrected chi connectivity index (χ1v) is 8.20. The number of carbonyl (C=O) groups excluding carboxylic acids is 1. The molecule has 4 nitrogen and oxygen atoms in total. The van der Waals surface area contributed by atoms with E-state index in [0.29, 0.717) is 18.2 Å². The zero-order valence-electron chi connectivity index (χ0n) is 11.8. The first kappa shape index (κ1) is 14.9. The topological polar surface area (TPSA) is 36.4 Å². The fourth-order valence-corrected chi connectivity index (χ4v) is 3.22. The van der Waals surface area contributed by atoms with Crippen LogP contribution in [0.5, 0.6) is 0 Å². The molecule has 0 aliphatic carbocycles. The smallest absolute Gasteiger partial charge is 0.298 e. The number of anilines is 1. The van der Waals surface area contributed by atoms with Crippen molar-refractivity contribution in [2.75, 3.05) is 31.1 Å². The Labute approximate surface area is 138 Å². The van der Waals surface area contributed by atoms with Crippen molar-refractivity contribution in [3.8, 4) is 11.8 Å². The van der Waals surface area contributed by atoms with Crippen LogP contribution in [0.3, 0.4) is 0 Å². The lowest BCUT2D eigenvalue weighted by Crippen LogP contribution is -2.48. The molecule has 2 aromatic rings. The molecule has 0 radical (unpaired) electrons. The molecule has 0 atom stereocenters. The number of thiazole rings is 1. The first-order chi connectivity index (χ1) is 10.7. The molecule has 3 rings (SSSR count). The largest absolute Gasteiger partial charge is 0.345 e. The molecule has 1 aromatic heterocycles. The number of amides is 1. The molecule has 1 saturated heterocycles. The van der Waals surface area contributed by atoms with Gasteiger partial charge < -0.3 is 9.80 Å². The van der Waals surface area contributed by atoms with Crippen molar-refractivity contribution >= 4 is 34.0 Å². The SMILES string of the molecule is O=C(C#Cc1ccccc1)N1CCN(c2nc(Cl)cs2)CC1. The summed E-state index contributed by atoms with van der Waals surface area (Å²) in [6.45, 7) is 2.81. The van der Waals surface area contributed by atoms with Crippen LogP contribution in [-0.2, 0) is 4.79 Å². The second-order valence-corrected chi connectivity index (χ2v) is 6.07. The standard InChI is InChI=1S/C16H14ClN3OS/c17-14-12-22-16(18-14)20-10-8-19(9-11-20)15(21)7-6-13-4-2-1-3-5-13/h1-5,12H,8-11H2. The van der Waals surface area contributed by atoms with Crippen LogP contribution in [0.15, 0.2) is 35.7 Å². The van der Waals surface area contributed by atoms with Gasteiger partial charge in [-0.1, -0.05) is 35.7 Å². The molecule has 0 saturated carbocycles. The Morgan fingerprint density at radius 1 is 1.18 bits per heavy atom. The lowest BCUT2D eigenvalue weighted by atomic mass is 10.2. The van der Waals surface area contributed by atoms with Gasteiger partial charge in [-0.15, -0.1) is 11.3 Å². The first-order valence-electron chi connectivity index (χ1n) is 6.94. The lowest BCUT2D eigenvalue weighted by Gasteiger charge is -2.33. The fourth-order valence-electron chi connectivity index (χ4n) is 2.22. The highest BCUT2D eigenvalue weighted by atomic mass is 35.5. The third-order valence-corrected chi connectivity index (χ3v) is 4.61. The number of rotatable bonds is 1. The van der Waals surface area contributed by atoms with Crippen molar-refractivity contribution in [3.05, 3.63) is 46.4 Å². The van der Waals surface area contributed by atoms with Crippen LogP contribution in [0, 0.1) is 11.8 Å². The van der Waals surface area contributed by atoms with Gasteiger partial charge in [-0.2, -0.15) is 0 Å². The maximum Gasteiger partial charge on any atom is 0.298 e. The van der Waals surface area contributed by atoms with Crippen LogP contribution in [0.2, 0.25) is 5.15 Å². The number of nitrogens with zero attached hydrogens (tertiary/aromatic N) is 3. The molecule has 1 aromatic carbocycles. The maximum atomic E-state index is 12.1. The molecule has 1 aliphatic heterocycles. The summed E-state index contributed by atoms with van der Waals surface area (Å²) in [4.78, 5) is 20.3. The Hall–Kier alpha value is -2.03. The summed E-state index contributed by atoms with van der Waals surface area (Å²) in [5.74, 6) is 5.49. The third kappa shape index (κ3) is 3.59. The van der Waals surface area contributed by atoms with Gasteiger partial charge in [0.15, 0.2) is 5.13 Å². The number of hydrogen-bond donors (Lipinski definition) is 0. The molecule has 6 heteroatoms. The van der Waals surface area contributed by atoms with Crippen LogP contribution in [-0.4, -0.2) is 42.0 Å². The van der Waals surface area contributed by atoms with Gasteiger partial charge in [0.25, 0.3) is 5.91 Å². The second-order valence-electron chi connectivity index (χ2n) is 4.85. The molecule has 1 amide bonds. The minimum absolute atomic E-state index is 0.124. The second kappa shape index (κ2) is 6.82. The van der Waals surface area contributed by atoms with E-state index in [-0.39, 0.29) is 5.91 Å². The van der Waals surface area contributed by atoms with Gasteiger partial charge in [-0.3, -0.25) is 4.79 Å². The van der Waals surface area contributed by atoms with Crippen molar-refractivity contribution in [3.63, 3.8) is 0 Å². The monoisotopic (exact) mass is 331 g/mol. The van der Waals surface area contributed by atoms with Crippen molar-refractivity contribution < 1.29 is 4.79 Å². The van der Waals surface area contributed by atoms with E-state index >= 15 is 0 Å². The van der Waals surface area contributed by atoms with Gasteiger partial charge in [0, 0.05) is 43.0 Å². The van der Waals surface area contributed by atoms with Gasteiger partial charge in [0.05, 0.1) is 0 Å². The summed E-state index contributed by atoms with van der Waals surface area (Å²) in [6, 6.07) is 9.53. The molecule has 112 valence electrons. The molecular formula is C16H14ClN3OS. The Bertz CT molecular complexity index is 712. The number of halogens is 1. The summed E-state index contributed by atoms with van der Waals surface area (Å²) in [6.07, 6.45) is 0. The lowest BCUT2D eigenvalue weighted by molar-refractivity contribution is -0.125. The summed E-state index contributed by atoms with van der Waals surface area (Å²) in [5.41, 5.74) is 0.854. The van der Waals surface area contributed by atoms with Crippen molar-refractivity contribution in [2.45, 2.75) is 0 Å². The Morgan fingerprint density at radius 3 is 2.55 bits per heavy atom. The van der Waals surface area contributed by atoms with Crippen LogP contribution in [0.4, 0.5) is 5.13 Å². The van der Waals surface area contributed by atoms with E-state index in [4.69, 9.17) is 11.6 Å². The highest BCUT2D eigenvalue weighted by Gasteiger charge is 2.21. The summed E-state index contributed by atoms with van der Waals surface area (Å²) >= 11 is 7.37. The third-order valence-electron chi connectivity index (χ3n) is 3.39. The molecule has 22 heavy (non-hydrogen) atoms. The van der Waals surface area contributed by atoms with Crippen molar-refractivity contribution in [1.29, 1.82) is 0 Å². The number of carbonyl (C=O) groups is 1. The van der Waals surface area contributed by atoms with Crippen molar-refractivity contribution in [1.82, 2.24) is 9.88 Å². The highest BCUT2D eigenvalue weighted by molar-refractivity contribution is 7.14. The van der Waals surface area contributed by atoms with Gasteiger partial charge in [0.1, 0.15) is 5.15 Å². The quantitative estimate of drug-likeness (QED) is 0.753. The summed E-state index contributed by atoms with van der Waals surface area (Å²) in [5, 5.41) is 3.25. The number of benzene rings is 1. The molecule has 0 N–H and O–H groups in total. The number of hydrogen-bond acceptors (Lipinski definition) is 4. The molecule has 1 fully saturated rings. The van der Waals surface area contributed by atoms with Crippen LogP contribution < -0.4 is 4.90 Å². The van der Waals surface area contributed by atoms with Crippen LogP contribution in [0.1, 0.15) is 5.56 Å². The van der Waals surface area contributed by atoms with E-state index in [1.807, 2.05) is 35.7 Å². The summed E-state index contributed by atoms with van der Waals surface area (Å²) < 4.78 is 0. The minimum Gasteiger partial charge on any atom is -0.345 e. The van der Waals surface area contributed by atoms with Crippen LogP contribution in [0.25, 0.3) is 0 Å². The molecular weight excluding hydrogens is 318 g/mol.